The van der Waals surface area contributed by atoms with Gasteiger partial charge in [0.25, 0.3) is 0 Å². The van der Waals surface area contributed by atoms with Crippen LogP contribution in [0, 0.1) is 0 Å². The van der Waals surface area contributed by atoms with E-state index in [1.807, 2.05) is 36.4 Å². The normalized spacial score (nSPS) is 10.8. The second-order valence-corrected chi connectivity index (χ2v) is 5.06. The van der Waals surface area contributed by atoms with Crippen molar-refractivity contribution in [3.8, 4) is 17.2 Å². The smallest absolute Gasteiger partial charge is 0.139 e. The van der Waals surface area contributed by atoms with E-state index < -0.39 is 0 Å². The van der Waals surface area contributed by atoms with Crippen LogP contribution in [-0.2, 0) is 13.2 Å². The first-order valence-electron chi connectivity index (χ1n) is 7.30. The predicted octanol–water partition coefficient (Wildman–Crippen LogP) is 3.95. The standard InChI is InChI=1S/C18H19NO3/c1-3-19-14(10-13-6-4-9-17(20)18(13)19)12-22-16-8-5-7-15(11-16)21-2/h4-11,20H,3,12H2,1-2H3. The van der Waals surface area contributed by atoms with Gasteiger partial charge in [0.05, 0.1) is 18.3 Å². The van der Waals surface area contributed by atoms with Crippen molar-refractivity contribution in [1.29, 1.82) is 0 Å². The van der Waals surface area contributed by atoms with Gasteiger partial charge >= 0.3 is 0 Å². The molecule has 114 valence electrons. The minimum Gasteiger partial charge on any atom is -0.506 e. The molecule has 0 saturated carbocycles. The lowest BCUT2D eigenvalue weighted by Gasteiger charge is -2.11. The monoisotopic (exact) mass is 297 g/mol. The van der Waals surface area contributed by atoms with Crippen LogP contribution in [0.15, 0.2) is 48.5 Å². The third-order valence-electron chi connectivity index (χ3n) is 3.73. The van der Waals surface area contributed by atoms with Crippen LogP contribution in [0.2, 0.25) is 0 Å². The number of para-hydroxylation sites is 1. The number of phenols is 1. The number of hydrogen-bond acceptors (Lipinski definition) is 3. The first-order valence-corrected chi connectivity index (χ1v) is 7.30. The van der Waals surface area contributed by atoms with Crippen LogP contribution in [0.1, 0.15) is 12.6 Å². The Labute approximate surface area is 129 Å². The zero-order chi connectivity index (χ0) is 15.5. The fraction of sp³-hybridized carbons (Fsp3) is 0.222. The molecule has 22 heavy (non-hydrogen) atoms. The number of phenolic OH excluding ortho intramolecular Hbond substituents is 1. The number of fused-ring (bicyclic) bond motifs is 1. The Kier molecular flexibility index (Phi) is 3.92. The second-order valence-electron chi connectivity index (χ2n) is 5.06. The first-order chi connectivity index (χ1) is 10.7. The SMILES string of the molecule is CCn1c(COc2cccc(OC)c2)cc2cccc(O)c21. The minimum atomic E-state index is 0.298. The lowest BCUT2D eigenvalue weighted by Crippen LogP contribution is -2.04. The number of benzene rings is 2. The van der Waals surface area contributed by atoms with Crippen LogP contribution >= 0.6 is 0 Å². The van der Waals surface area contributed by atoms with Gasteiger partial charge in [-0.15, -0.1) is 0 Å². The van der Waals surface area contributed by atoms with Crippen molar-refractivity contribution < 1.29 is 14.6 Å². The van der Waals surface area contributed by atoms with Gasteiger partial charge in [0.2, 0.25) is 0 Å². The Morgan fingerprint density at radius 3 is 2.59 bits per heavy atom. The topological polar surface area (TPSA) is 43.6 Å². The van der Waals surface area contributed by atoms with Crippen LogP contribution in [-0.4, -0.2) is 16.8 Å². The molecule has 0 unspecified atom stereocenters. The van der Waals surface area contributed by atoms with Crippen molar-refractivity contribution in [2.45, 2.75) is 20.1 Å². The number of ether oxygens (including phenoxy) is 2. The Morgan fingerprint density at radius 2 is 1.82 bits per heavy atom. The molecule has 2 aromatic carbocycles. The zero-order valence-electron chi connectivity index (χ0n) is 12.7. The van der Waals surface area contributed by atoms with E-state index in [4.69, 9.17) is 9.47 Å². The van der Waals surface area contributed by atoms with Crippen LogP contribution < -0.4 is 9.47 Å². The van der Waals surface area contributed by atoms with Crippen molar-refractivity contribution in [1.82, 2.24) is 4.57 Å². The lowest BCUT2D eigenvalue weighted by atomic mass is 10.2. The zero-order valence-corrected chi connectivity index (χ0v) is 12.7. The molecule has 4 nitrogen and oxygen atoms in total. The van der Waals surface area contributed by atoms with Gasteiger partial charge in [0.15, 0.2) is 0 Å². The van der Waals surface area contributed by atoms with Gasteiger partial charge in [0, 0.05) is 18.0 Å². The highest BCUT2D eigenvalue weighted by molar-refractivity contribution is 5.86. The number of methoxy groups -OCH3 is 1. The summed E-state index contributed by atoms with van der Waals surface area (Å²) < 4.78 is 13.1. The molecule has 1 aromatic heterocycles. The summed E-state index contributed by atoms with van der Waals surface area (Å²) >= 11 is 0. The van der Waals surface area contributed by atoms with Gasteiger partial charge in [0.1, 0.15) is 23.9 Å². The molecule has 0 radical (unpaired) electrons. The second kappa shape index (κ2) is 6.02. The highest BCUT2D eigenvalue weighted by Gasteiger charge is 2.11. The highest BCUT2D eigenvalue weighted by Crippen LogP contribution is 2.29. The molecule has 0 fully saturated rings. The van der Waals surface area contributed by atoms with E-state index in [9.17, 15) is 5.11 Å². The molecule has 3 aromatic rings. The molecular formula is C18H19NO3. The van der Waals surface area contributed by atoms with Crippen molar-refractivity contribution in [2.75, 3.05) is 7.11 Å². The van der Waals surface area contributed by atoms with Crippen LogP contribution in [0.25, 0.3) is 10.9 Å². The average molecular weight is 297 g/mol. The molecule has 0 aliphatic rings. The van der Waals surface area contributed by atoms with Gasteiger partial charge in [-0.05, 0) is 31.2 Å². The van der Waals surface area contributed by atoms with Gasteiger partial charge in [-0.1, -0.05) is 18.2 Å². The van der Waals surface area contributed by atoms with Crippen molar-refractivity contribution >= 4 is 10.9 Å². The molecule has 0 bridgehead atoms. The average Bonchev–Trinajstić information content (AvgIpc) is 2.92. The van der Waals surface area contributed by atoms with Crippen molar-refractivity contribution in [3.05, 3.63) is 54.2 Å². The fourth-order valence-corrected chi connectivity index (χ4v) is 2.69. The predicted molar refractivity (Wildman–Crippen MR) is 86.6 cm³/mol. The first kappa shape index (κ1) is 14.3. The quantitative estimate of drug-likeness (QED) is 0.775. The summed E-state index contributed by atoms with van der Waals surface area (Å²) in [5.41, 5.74) is 1.89. The van der Waals surface area contributed by atoms with E-state index in [1.165, 1.54) is 0 Å². The van der Waals surface area contributed by atoms with Gasteiger partial charge in [-0.25, -0.2) is 0 Å². The van der Waals surface area contributed by atoms with E-state index in [0.717, 1.165) is 34.6 Å². The lowest BCUT2D eigenvalue weighted by molar-refractivity contribution is 0.294. The summed E-state index contributed by atoms with van der Waals surface area (Å²) in [4.78, 5) is 0. The van der Waals surface area contributed by atoms with Gasteiger partial charge in [-0.3, -0.25) is 0 Å². The minimum absolute atomic E-state index is 0.298. The molecular weight excluding hydrogens is 278 g/mol. The van der Waals surface area contributed by atoms with Crippen molar-refractivity contribution in [3.63, 3.8) is 0 Å². The molecule has 0 spiro atoms. The van der Waals surface area contributed by atoms with Crippen LogP contribution in [0.4, 0.5) is 0 Å². The van der Waals surface area contributed by atoms with Crippen LogP contribution in [0.5, 0.6) is 17.2 Å². The number of rotatable bonds is 5. The molecule has 0 amide bonds. The molecule has 4 heteroatoms. The Balaban J connectivity index is 1.89. The molecule has 3 rings (SSSR count). The molecule has 0 atom stereocenters. The number of aromatic hydroxyl groups is 1. The van der Waals surface area contributed by atoms with E-state index >= 15 is 0 Å². The maximum atomic E-state index is 10.1. The van der Waals surface area contributed by atoms with E-state index in [1.54, 1.807) is 13.2 Å². The molecule has 1 N–H and O–H groups in total. The van der Waals surface area contributed by atoms with Crippen LogP contribution in [0.3, 0.4) is 0 Å². The molecule has 0 saturated heterocycles. The summed E-state index contributed by atoms with van der Waals surface area (Å²) in [5.74, 6) is 1.83. The summed E-state index contributed by atoms with van der Waals surface area (Å²) in [6.07, 6.45) is 0. The maximum absolute atomic E-state index is 10.1. The highest BCUT2D eigenvalue weighted by atomic mass is 16.5. The van der Waals surface area contributed by atoms with Gasteiger partial charge < -0.3 is 19.1 Å². The molecule has 0 aliphatic heterocycles. The van der Waals surface area contributed by atoms with Crippen molar-refractivity contribution in [2.24, 2.45) is 0 Å². The van der Waals surface area contributed by atoms with E-state index in [0.29, 0.717) is 12.4 Å². The number of nitrogens with zero attached hydrogens (tertiary/aromatic N) is 1. The third-order valence-corrected chi connectivity index (χ3v) is 3.73. The summed E-state index contributed by atoms with van der Waals surface area (Å²) in [5, 5.41) is 11.1. The number of aryl methyl sites for hydroxylation is 1. The summed E-state index contributed by atoms with van der Waals surface area (Å²) in [6, 6.07) is 15.2. The third kappa shape index (κ3) is 2.60. The van der Waals surface area contributed by atoms with E-state index in [-0.39, 0.29) is 0 Å². The summed E-state index contributed by atoms with van der Waals surface area (Å²) in [7, 11) is 1.64. The summed E-state index contributed by atoms with van der Waals surface area (Å²) in [6.45, 7) is 3.27. The number of aromatic nitrogens is 1. The Bertz CT molecular complexity index is 792. The Morgan fingerprint density at radius 1 is 1.05 bits per heavy atom. The number of hydrogen-bond donors (Lipinski definition) is 1. The van der Waals surface area contributed by atoms with E-state index in [2.05, 4.69) is 17.6 Å². The molecule has 1 heterocycles. The fourth-order valence-electron chi connectivity index (χ4n) is 2.69. The largest absolute Gasteiger partial charge is 0.506 e. The van der Waals surface area contributed by atoms with Gasteiger partial charge in [-0.2, -0.15) is 0 Å². The Hall–Kier alpha value is -2.62. The maximum Gasteiger partial charge on any atom is 0.139 e. The molecule has 0 aliphatic carbocycles.